The molecule has 0 fully saturated rings. The average Bonchev–Trinajstić information content (AvgIpc) is 2.39. The maximum absolute atomic E-state index is 12.8. The second kappa shape index (κ2) is 5.19. The summed E-state index contributed by atoms with van der Waals surface area (Å²) in [5.74, 6) is -2.07. The van der Waals surface area contributed by atoms with Crippen LogP contribution in [0.25, 0.3) is 16.5 Å². The molecule has 1 aromatic rings. The summed E-state index contributed by atoms with van der Waals surface area (Å²) in [6.45, 7) is 0. The third kappa shape index (κ3) is 2.74. The lowest BCUT2D eigenvalue weighted by Crippen LogP contribution is -2.40. The molecule has 0 saturated heterocycles. The zero-order chi connectivity index (χ0) is 15.8. The first-order valence-electron chi connectivity index (χ1n) is 5.31. The second-order valence-corrected chi connectivity index (χ2v) is 4.35. The number of benzene rings is 1. The fourth-order valence-corrected chi connectivity index (χ4v) is 1.99. The minimum Gasteiger partial charge on any atom is -0.478 e. The predicted octanol–water partition coefficient (Wildman–Crippen LogP) is 4.07. The molecular weight excluding hydrogens is 315 g/mol. The molecular formula is C11H5ClF3N3O3. The van der Waals surface area contributed by atoms with Crippen molar-refractivity contribution in [3.8, 4) is 5.75 Å². The molecule has 0 saturated carbocycles. The van der Waals surface area contributed by atoms with Crippen LogP contribution in [0.2, 0.25) is 5.02 Å². The summed E-state index contributed by atoms with van der Waals surface area (Å²) in [6, 6.07) is 2.33. The van der Waals surface area contributed by atoms with Crippen LogP contribution in [0.1, 0.15) is 5.56 Å². The van der Waals surface area contributed by atoms with Crippen LogP contribution in [0.15, 0.2) is 22.8 Å². The summed E-state index contributed by atoms with van der Waals surface area (Å²) in [6.07, 6.45) is -6.77. The molecule has 1 unspecified atom stereocenters. The molecule has 1 aromatic carbocycles. The summed E-state index contributed by atoms with van der Waals surface area (Å²) >= 11 is 5.77. The van der Waals surface area contributed by atoms with Gasteiger partial charge in [0.1, 0.15) is 5.75 Å². The monoisotopic (exact) mass is 319 g/mol. The quantitative estimate of drug-likeness (QED) is 0.505. The van der Waals surface area contributed by atoms with E-state index in [1.807, 2.05) is 0 Å². The Hall–Kier alpha value is -2.38. The number of halogens is 4. The molecule has 0 bridgehead atoms. The minimum atomic E-state index is -4.90. The smallest absolute Gasteiger partial charge is 0.430 e. The molecule has 0 aromatic heterocycles. The van der Waals surface area contributed by atoms with Crippen LogP contribution >= 0.6 is 11.6 Å². The van der Waals surface area contributed by atoms with E-state index in [0.29, 0.717) is 0 Å². The van der Waals surface area contributed by atoms with E-state index in [2.05, 4.69) is 10.0 Å². The fraction of sp³-hybridized carbons (Fsp3) is 0.182. The summed E-state index contributed by atoms with van der Waals surface area (Å²) in [7, 11) is 0. The highest BCUT2D eigenvalue weighted by molar-refractivity contribution is 6.33. The van der Waals surface area contributed by atoms with Crippen molar-refractivity contribution < 1.29 is 27.8 Å². The summed E-state index contributed by atoms with van der Waals surface area (Å²) in [5, 5.41) is 12.1. The Balaban J connectivity index is 2.69. The third-order valence-corrected chi connectivity index (χ3v) is 2.95. The van der Waals surface area contributed by atoms with Gasteiger partial charge in [-0.25, -0.2) is 4.79 Å². The molecule has 2 rings (SSSR count). The zero-order valence-electron chi connectivity index (χ0n) is 9.93. The van der Waals surface area contributed by atoms with Crippen molar-refractivity contribution in [1.82, 2.24) is 0 Å². The molecule has 6 nitrogen and oxygen atoms in total. The Kier molecular flexibility index (Phi) is 3.71. The van der Waals surface area contributed by atoms with Gasteiger partial charge >= 0.3 is 12.1 Å². The number of azide groups is 1. The van der Waals surface area contributed by atoms with Crippen LogP contribution in [-0.2, 0) is 4.79 Å². The van der Waals surface area contributed by atoms with Crippen LogP contribution in [0, 0.1) is 0 Å². The lowest BCUT2D eigenvalue weighted by atomic mass is 10.00. The number of hydrogen-bond donors (Lipinski definition) is 1. The normalized spacial score (nSPS) is 17.1. The SMILES string of the molecule is [N-]=[N+]=Nc1c(Cl)ccc2c1C=C(C(=O)O)C(C(F)(F)F)O2. The van der Waals surface area contributed by atoms with E-state index in [1.165, 1.54) is 6.07 Å². The molecule has 10 heteroatoms. The molecule has 1 heterocycles. The van der Waals surface area contributed by atoms with Crippen molar-refractivity contribution in [2.45, 2.75) is 12.3 Å². The number of carboxylic acid groups (broad SMARTS) is 1. The van der Waals surface area contributed by atoms with Crippen molar-refractivity contribution >= 4 is 29.3 Å². The number of rotatable bonds is 2. The van der Waals surface area contributed by atoms with E-state index in [4.69, 9.17) is 27.0 Å². The van der Waals surface area contributed by atoms with Crippen LogP contribution in [0.3, 0.4) is 0 Å². The molecule has 0 aliphatic carbocycles. The number of nitrogens with zero attached hydrogens (tertiary/aromatic N) is 3. The molecule has 0 amide bonds. The second-order valence-electron chi connectivity index (χ2n) is 3.94. The number of fused-ring (bicyclic) bond motifs is 1. The lowest BCUT2D eigenvalue weighted by Gasteiger charge is -2.27. The summed E-state index contributed by atoms with van der Waals surface area (Å²) < 4.78 is 43.2. The Bertz CT molecular complexity index is 696. The van der Waals surface area contributed by atoms with Crippen LogP contribution in [0.4, 0.5) is 18.9 Å². The summed E-state index contributed by atoms with van der Waals surface area (Å²) in [5.41, 5.74) is 7.11. The molecule has 0 radical (unpaired) electrons. The Morgan fingerprint density at radius 1 is 1.48 bits per heavy atom. The van der Waals surface area contributed by atoms with Gasteiger partial charge in [-0.15, -0.1) is 0 Å². The standard InChI is InChI=1S/C11H5ClF3N3O3/c12-6-1-2-7-4(8(6)17-18-16)3-5(10(19)20)9(21-7)11(13,14)15/h1-3,9H,(H,19,20). The van der Waals surface area contributed by atoms with Gasteiger partial charge in [-0.2, -0.15) is 13.2 Å². The number of ether oxygens (including phenoxy) is 1. The van der Waals surface area contributed by atoms with Crippen molar-refractivity contribution in [3.05, 3.63) is 38.7 Å². The molecule has 1 aliphatic heterocycles. The first-order valence-corrected chi connectivity index (χ1v) is 5.69. The molecule has 110 valence electrons. The van der Waals surface area contributed by atoms with Gasteiger partial charge in [0, 0.05) is 10.5 Å². The van der Waals surface area contributed by atoms with E-state index in [-0.39, 0.29) is 22.0 Å². The van der Waals surface area contributed by atoms with Gasteiger partial charge in [-0.05, 0) is 23.7 Å². The first-order chi connectivity index (χ1) is 9.75. The topological polar surface area (TPSA) is 95.3 Å². The molecule has 1 aliphatic rings. The highest BCUT2D eigenvalue weighted by Crippen LogP contribution is 2.43. The maximum Gasteiger partial charge on any atom is 0.430 e. The highest BCUT2D eigenvalue weighted by atomic mass is 35.5. The van der Waals surface area contributed by atoms with Crippen molar-refractivity contribution in [3.63, 3.8) is 0 Å². The summed E-state index contributed by atoms with van der Waals surface area (Å²) in [4.78, 5) is 13.5. The largest absolute Gasteiger partial charge is 0.478 e. The Morgan fingerprint density at radius 3 is 2.67 bits per heavy atom. The molecule has 0 spiro atoms. The number of carbonyl (C=O) groups is 1. The minimum absolute atomic E-state index is 0.0402. The van der Waals surface area contributed by atoms with Crippen molar-refractivity contribution in [2.75, 3.05) is 0 Å². The molecule has 21 heavy (non-hydrogen) atoms. The number of carboxylic acids is 1. The van der Waals surface area contributed by atoms with E-state index in [0.717, 1.165) is 12.1 Å². The molecule has 1 atom stereocenters. The van der Waals surface area contributed by atoms with Gasteiger partial charge in [0.25, 0.3) is 0 Å². The van der Waals surface area contributed by atoms with Crippen LogP contribution < -0.4 is 4.74 Å². The van der Waals surface area contributed by atoms with E-state index in [1.54, 1.807) is 0 Å². The van der Waals surface area contributed by atoms with Crippen LogP contribution in [-0.4, -0.2) is 23.4 Å². The van der Waals surface area contributed by atoms with Gasteiger partial charge in [-0.1, -0.05) is 16.7 Å². The first kappa shape index (κ1) is 15.0. The zero-order valence-corrected chi connectivity index (χ0v) is 10.7. The average molecular weight is 320 g/mol. The highest BCUT2D eigenvalue weighted by Gasteiger charge is 2.48. The Labute approximate surface area is 120 Å². The van der Waals surface area contributed by atoms with Gasteiger partial charge in [-0.3, -0.25) is 0 Å². The van der Waals surface area contributed by atoms with Gasteiger partial charge in [0.2, 0.25) is 6.10 Å². The number of aliphatic carboxylic acids is 1. The van der Waals surface area contributed by atoms with Gasteiger partial charge in [0.05, 0.1) is 16.3 Å². The van der Waals surface area contributed by atoms with E-state index >= 15 is 0 Å². The fourth-order valence-electron chi connectivity index (χ4n) is 1.79. The van der Waals surface area contributed by atoms with E-state index in [9.17, 15) is 18.0 Å². The van der Waals surface area contributed by atoms with Crippen LogP contribution in [0.5, 0.6) is 5.75 Å². The van der Waals surface area contributed by atoms with Gasteiger partial charge < -0.3 is 9.84 Å². The lowest BCUT2D eigenvalue weighted by molar-refractivity contribution is -0.187. The maximum atomic E-state index is 12.8. The van der Waals surface area contributed by atoms with Crippen molar-refractivity contribution in [2.24, 2.45) is 5.11 Å². The number of hydrogen-bond acceptors (Lipinski definition) is 3. The van der Waals surface area contributed by atoms with Crippen molar-refractivity contribution in [1.29, 1.82) is 0 Å². The predicted molar refractivity (Wildman–Crippen MR) is 66.3 cm³/mol. The Morgan fingerprint density at radius 2 is 2.14 bits per heavy atom. The van der Waals surface area contributed by atoms with Gasteiger partial charge in [0.15, 0.2) is 0 Å². The third-order valence-electron chi connectivity index (χ3n) is 2.64. The molecule has 1 N–H and O–H groups in total. The van der Waals surface area contributed by atoms with E-state index < -0.39 is 23.8 Å². The number of alkyl halides is 3.